The molecule has 1 aliphatic carbocycles. The molecule has 0 radical (unpaired) electrons. The number of halogens is 3. The van der Waals surface area contributed by atoms with E-state index < -0.39 is 6.61 Å². The highest BCUT2D eigenvalue weighted by Gasteiger charge is 2.29. The molecule has 1 amide bonds. The van der Waals surface area contributed by atoms with Gasteiger partial charge in [-0.2, -0.15) is 8.78 Å². The van der Waals surface area contributed by atoms with E-state index in [0.29, 0.717) is 18.0 Å². The van der Waals surface area contributed by atoms with Gasteiger partial charge in [-0.25, -0.2) is 0 Å². The number of carbonyl (C=O) groups excluding carboxylic acids is 1. The maximum Gasteiger partial charge on any atom is 0.387 e. The lowest BCUT2D eigenvalue weighted by molar-refractivity contribution is -0.0499. The zero-order valence-electron chi connectivity index (χ0n) is 11.6. The summed E-state index contributed by atoms with van der Waals surface area (Å²) in [6.07, 6.45) is 3.81. The van der Waals surface area contributed by atoms with Crippen molar-refractivity contribution < 1.29 is 18.3 Å². The van der Waals surface area contributed by atoms with Crippen LogP contribution in [0.15, 0.2) is 24.3 Å². The molecule has 2 rings (SSSR count). The minimum Gasteiger partial charge on any atom is -0.435 e. The van der Waals surface area contributed by atoms with Crippen LogP contribution in [-0.2, 0) is 0 Å². The van der Waals surface area contributed by atoms with Gasteiger partial charge >= 0.3 is 6.61 Å². The molecule has 1 aliphatic rings. The third-order valence-corrected chi connectivity index (χ3v) is 3.88. The Kier molecular flexibility index (Phi) is 5.79. The van der Waals surface area contributed by atoms with Crippen LogP contribution in [0.25, 0.3) is 0 Å². The molecule has 3 nitrogen and oxygen atoms in total. The van der Waals surface area contributed by atoms with Gasteiger partial charge in [-0.3, -0.25) is 4.79 Å². The van der Waals surface area contributed by atoms with Gasteiger partial charge in [0.15, 0.2) is 0 Å². The molecule has 1 saturated carbocycles. The van der Waals surface area contributed by atoms with Crippen LogP contribution < -0.4 is 4.74 Å². The van der Waals surface area contributed by atoms with Crippen molar-refractivity contribution in [3.8, 4) is 5.75 Å². The maximum absolute atomic E-state index is 12.6. The van der Waals surface area contributed by atoms with Gasteiger partial charge < -0.3 is 9.64 Å². The van der Waals surface area contributed by atoms with Crippen LogP contribution in [0, 0.1) is 0 Å². The molecule has 1 fully saturated rings. The second-order valence-corrected chi connectivity index (χ2v) is 5.41. The van der Waals surface area contributed by atoms with Gasteiger partial charge in [-0.1, -0.05) is 6.07 Å². The van der Waals surface area contributed by atoms with E-state index in [1.54, 1.807) is 17.0 Å². The normalized spacial score (nSPS) is 14.9. The van der Waals surface area contributed by atoms with E-state index in [-0.39, 0.29) is 17.7 Å². The Labute approximate surface area is 127 Å². The molecule has 0 spiro atoms. The highest BCUT2D eigenvalue weighted by atomic mass is 35.5. The van der Waals surface area contributed by atoms with Crippen molar-refractivity contribution >= 4 is 17.5 Å². The SMILES string of the molecule is O=C(c1cccc(OC(F)F)c1)N(CCCCl)C1CCC1. The van der Waals surface area contributed by atoms with Crippen LogP contribution in [0.5, 0.6) is 5.75 Å². The van der Waals surface area contributed by atoms with Gasteiger partial charge in [0.2, 0.25) is 0 Å². The fourth-order valence-corrected chi connectivity index (χ4v) is 2.47. The van der Waals surface area contributed by atoms with E-state index in [9.17, 15) is 13.6 Å². The number of carbonyl (C=O) groups is 1. The molecule has 0 unspecified atom stereocenters. The number of benzene rings is 1. The summed E-state index contributed by atoms with van der Waals surface area (Å²) < 4.78 is 28.8. The van der Waals surface area contributed by atoms with Crippen LogP contribution in [-0.4, -0.2) is 35.9 Å². The first-order valence-corrected chi connectivity index (χ1v) is 7.57. The van der Waals surface area contributed by atoms with Gasteiger partial charge in [0.05, 0.1) is 0 Å². The molecule has 1 aromatic rings. The minimum absolute atomic E-state index is 0.00162. The number of hydrogen-bond donors (Lipinski definition) is 0. The third-order valence-electron chi connectivity index (χ3n) is 3.62. The van der Waals surface area contributed by atoms with Crippen LogP contribution in [0.1, 0.15) is 36.0 Å². The predicted octanol–water partition coefficient (Wildman–Crippen LogP) is 3.91. The first kappa shape index (κ1) is 16.0. The topological polar surface area (TPSA) is 29.5 Å². The summed E-state index contributed by atoms with van der Waals surface area (Å²) >= 11 is 5.70. The van der Waals surface area contributed by atoms with Crippen LogP contribution in [0.2, 0.25) is 0 Å². The fourth-order valence-electron chi connectivity index (χ4n) is 2.35. The van der Waals surface area contributed by atoms with Crippen molar-refractivity contribution in [2.24, 2.45) is 0 Å². The van der Waals surface area contributed by atoms with E-state index in [1.807, 2.05) is 0 Å². The smallest absolute Gasteiger partial charge is 0.387 e. The Bertz CT molecular complexity index is 480. The van der Waals surface area contributed by atoms with Crippen molar-refractivity contribution in [1.29, 1.82) is 0 Å². The number of ether oxygens (including phenoxy) is 1. The van der Waals surface area contributed by atoms with Gasteiger partial charge in [0.25, 0.3) is 5.91 Å². The Morgan fingerprint density at radius 1 is 1.43 bits per heavy atom. The van der Waals surface area contributed by atoms with Gasteiger partial charge in [-0.15, -0.1) is 11.6 Å². The van der Waals surface area contributed by atoms with E-state index in [2.05, 4.69) is 4.74 Å². The summed E-state index contributed by atoms with van der Waals surface area (Å²) in [5.74, 6) is 0.344. The second kappa shape index (κ2) is 7.59. The van der Waals surface area contributed by atoms with E-state index in [4.69, 9.17) is 11.6 Å². The standard InChI is InChI=1S/C15H18ClF2NO2/c16-8-3-9-19(12-5-2-6-12)14(20)11-4-1-7-13(10-11)21-15(17)18/h1,4,7,10,12,15H,2-3,5-6,8-9H2. The Hall–Kier alpha value is -1.36. The van der Waals surface area contributed by atoms with Gasteiger partial charge in [0, 0.05) is 24.0 Å². The summed E-state index contributed by atoms with van der Waals surface area (Å²) in [5, 5.41) is 0. The van der Waals surface area contributed by atoms with Crippen molar-refractivity contribution in [3.05, 3.63) is 29.8 Å². The molecule has 0 atom stereocenters. The Balaban J connectivity index is 2.11. The largest absolute Gasteiger partial charge is 0.435 e. The molecule has 0 aromatic heterocycles. The lowest BCUT2D eigenvalue weighted by atomic mass is 9.91. The van der Waals surface area contributed by atoms with Crippen molar-refractivity contribution in [1.82, 2.24) is 4.90 Å². The van der Waals surface area contributed by atoms with Gasteiger partial charge in [0.1, 0.15) is 5.75 Å². The quantitative estimate of drug-likeness (QED) is 0.714. The Morgan fingerprint density at radius 2 is 2.19 bits per heavy atom. The average molecular weight is 318 g/mol. The number of hydrogen-bond acceptors (Lipinski definition) is 2. The molecule has 0 N–H and O–H groups in total. The van der Waals surface area contributed by atoms with Crippen LogP contribution >= 0.6 is 11.6 Å². The number of nitrogens with zero attached hydrogens (tertiary/aromatic N) is 1. The molecule has 1 aromatic carbocycles. The lowest BCUT2D eigenvalue weighted by Gasteiger charge is -2.37. The zero-order valence-corrected chi connectivity index (χ0v) is 12.4. The molecular weight excluding hydrogens is 300 g/mol. The van der Waals surface area contributed by atoms with E-state index in [0.717, 1.165) is 25.7 Å². The molecule has 116 valence electrons. The zero-order chi connectivity index (χ0) is 15.2. The van der Waals surface area contributed by atoms with Gasteiger partial charge in [-0.05, 0) is 43.9 Å². The molecular formula is C15H18ClF2NO2. The number of rotatable bonds is 7. The van der Waals surface area contributed by atoms with Crippen molar-refractivity contribution in [2.75, 3.05) is 12.4 Å². The highest BCUT2D eigenvalue weighted by Crippen LogP contribution is 2.27. The summed E-state index contributed by atoms with van der Waals surface area (Å²) in [6, 6.07) is 6.18. The summed E-state index contributed by atoms with van der Waals surface area (Å²) in [7, 11) is 0. The molecule has 0 heterocycles. The first-order chi connectivity index (χ1) is 10.1. The molecule has 0 bridgehead atoms. The van der Waals surface area contributed by atoms with E-state index >= 15 is 0 Å². The molecule has 0 aliphatic heterocycles. The highest BCUT2D eigenvalue weighted by molar-refractivity contribution is 6.17. The fraction of sp³-hybridized carbons (Fsp3) is 0.533. The molecule has 6 heteroatoms. The maximum atomic E-state index is 12.6. The first-order valence-electron chi connectivity index (χ1n) is 7.03. The summed E-state index contributed by atoms with van der Waals surface area (Å²) in [5.41, 5.74) is 0.370. The number of amides is 1. The second-order valence-electron chi connectivity index (χ2n) is 5.03. The minimum atomic E-state index is -2.89. The van der Waals surface area contributed by atoms with Crippen LogP contribution in [0.4, 0.5) is 8.78 Å². The third kappa shape index (κ3) is 4.30. The van der Waals surface area contributed by atoms with E-state index in [1.165, 1.54) is 12.1 Å². The lowest BCUT2D eigenvalue weighted by Crippen LogP contribution is -2.44. The van der Waals surface area contributed by atoms with Crippen LogP contribution in [0.3, 0.4) is 0 Å². The average Bonchev–Trinajstić information content (AvgIpc) is 2.40. The van der Waals surface area contributed by atoms with Crippen molar-refractivity contribution in [3.63, 3.8) is 0 Å². The Morgan fingerprint density at radius 3 is 2.76 bits per heavy atom. The number of alkyl halides is 3. The molecule has 0 saturated heterocycles. The van der Waals surface area contributed by atoms with Crippen molar-refractivity contribution in [2.45, 2.75) is 38.3 Å². The summed E-state index contributed by atoms with van der Waals surface area (Å²) in [4.78, 5) is 14.4. The molecule has 21 heavy (non-hydrogen) atoms. The predicted molar refractivity (Wildman–Crippen MR) is 77.1 cm³/mol. The monoisotopic (exact) mass is 317 g/mol. The summed E-state index contributed by atoms with van der Waals surface area (Å²) in [6.45, 7) is -2.30.